The molecule has 0 aromatic carbocycles. The molecule has 2 rings (SSSR count). The minimum absolute atomic E-state index is 0.191. The number of nitrogens with zero attached hydrogens (tertiary/aromatic N) is 3. The molecule has 20 heavy (non-hydrogen) atoms. The van der Waals surface area contributed by atoms with Gasteiger partial charge in [0.05, 0.1) is 0 Å². The van der Waals surface area contributed by atoms with Gasteiger partial charge >= 0.3 is 6.18 Å². The van der Waals surface area contributed by atoms with E-state index in [2.05, 4.69) is 15.3 Å². The monoisotopic (exact) mass is 288 g/mol. The first-order chi connectivity index (χ1) is 9.36. The van der Waals surface area contributed by atoms with Crippen LogP contribution in [0.3, 0.4) is 0 Å². The quantitative estimate of drug-likeness (QED) is 0.926. The van der Waals surface area contributed by atoms with Crippen molar-refractivity contribution in [3.05, 3.63) is 11.9 Å². The molecule has 4 nitrogen and oxygen atoms in total. The Bertz CT molecular complexity index is 475. The van der Waals surface area contributed by atoms with E-state index in [0.717, 1.165) is 19.3 Å². The summed E-state index contributed by atoms with van der Waals surface area (Å²) in [7, 11) is 1.55. The third kappa shape index (κ3) is 2.81. The fourth-order valence-electron chi connectivity index (χ4n) is 2.71. The molecule has 0 bridgehead atoms. The average molecular weight is 288 g/mol. The molecule has 0 aliphatic carbocycles. The van der Waals surface area contributed by atoms with E-state index in [4.69, 9.17) is 0 Å². The number of anilines is 2. The molecule has 1 N–H and O–H groups in total. The van der Waals surface area contributed by atoms with Crippen molar-refractivity contribution >= 4 is 11.6 Å². The number of alkyl halides is 3. The van der Waals surface area contributed by atoms with Crippen molar-refractivity contribution in [2.24, 2.45) is 0 Å². The molecule has 1 saturated heterocycles. The second-order valence-electron chi connectivity index (χ2n) is 5.08. The molecule has 1 fully saturated rings. The van der Waals surface area contributed by atoms with Gasteiger partial charge in [0.25, 0.3) is 0 Å². The number of hydrogen-bond acceptors (Lipinski definition) is 4. The van der Waals surface area contributed by atoms with Gasteiger partial charge in [0.2, 0.25) is 5.82 Å². The molecule has 1 aliphatic heterocycles. The summed E-state index contributed by atoms with van der Waals surface area (Å²) < 4.78 is 38.6. The zero-order valence-electron chi connectivity index (χ0n) is 11.8. The van der Waals surface area contributed by atoms with Crippen LogP contribution in [-0.2, 0) is 6.18 Å². The third-order valence-corrected chi connectivity index (χ3v) is 3.74. The van der Waals surface area contributed by atoms with Crippen LogP contribution in [0.15, 0.2) is 6.07 Å². The molecule has 112 valence electrons. The van der Waals surface area contributed by atoms with Crippen LogP contribution >= 0.6 is 0 Å². The standard InChI is InChI=1S/C13H19F3N4/c1-4-9-6-5-8(2)20(9)11-7-10(17-3)18-12(19-11)13(14,15)16/h7-9H,4-6H2,1-3H3,(H,17,18,19). The maximum atomic E-state index is 12.9. The van der Waals surface area contributed by atoms with E-state index < -0.39 is 12.0 Å². The molecule has 2 unspecified atom stereocenters. The molecular weight excluding hydrogens is 269 g/mol. The predicted octanol–water partition coefficient (Wildman–Crippen LogP) is 3.30. The highest BCUT2D eigenvalue weighted by Gasteiger charge is 2.37. The summed E-state index contributed by atoms with van der Waals surface area (Å²) in [5, 5.41) is 2.67. The Kier molecular flexibility index (Phi) is 4.06. The lowest BCUT2D eigenvalue weighted by atomic mass is 10.1. The smallest absolute Gasteiger partial charge is 0.373 e. The molecule has 0 amide bonds. The molecule has 2 atom stereocenters. The zero-order valence-corrected chi connectivity index (χ0v) is 11.8. The van der Waals surface area contributed by atoms with Crippen LogP contribution in [0, 0.1) is 0 Å². The molecule has 1 aliphatic rings. The van der Waals surface area contributed by atoms with Gasteiger partial charge in [0, 0.05) is 25.2 Å². The van der Waals surface area contributed by atoms with Crippen molar-refractivity contribution in [1.82, 2.24) is 9.97 Å². The lowest BCUT2D eigenvalue weighted by Gasteiger charge is -2.29. The van der Waals surface area contributed by atoms with Crippen molar-refractivity contribution in [2.45, 2.75) is 51.4 Å². The summed E-state index contributed by atoms with van der Waals surface area (Å²) in [5.74, 6) is -0.543. The molecule has 0 saturated carbocycles. The van der Waals surface area contributed by atoms with Gasteiger partial charge in [-0.2, -0.15) is 13.2 Å². The summed E-state index contributed by atoms with van der Waals surface area (Å²) in [6.07, 6.45) is -1.69. The Hall–Kier alpha value is -1.53. The second kappa shape index (κ2) is 5.46. The predicted molar refractivity (Wildman–Crippen MR) is 71.8 cm³/mol. The fourth-order valence-corrected chi connectivity index (χ4v) is 2.71. The van der Waals surface area contributed by atoms with Gasteiger partial charge in [-0.05, 0) is 26.2 Å². The Morgan fingerprint density at radius 2 is 2.05 bits per heavy atom. The van der Waals surface area contributed by atoms with Crippen LogP contribution in [0.25, 0.3) is 0 Å². The van der Waals surface area contributed by atoms with Gasteiger partial charge in [-0.3, -0.25) is 0 Å². The third-order valence-electron chi connectivity index (χ3n) is 3.74. The van der Waals surface area contributed by atoms with E-state index in [9.17, 15) is 13.2 Å². The van der Waals surface area contributed by atoms with E-state index >= 15 is 0 Å². The second-order valence-corrected chi connectivity index (χ2v) is 5.08. The summed E-state index contributed by atoms with van der Waals surface area (Å²) >= 11 is 0. The minimum Gasteiger partial charge on any atom is -0.373 e. The van der Waals surface area contributed by atoms with Crippen LogP contribution in [0.5, 0.6) is 0 Å². The van der Waals surface area contributed by atoms with Crippen LogP contribution in [0.4, 0.5) is 24.8 Å². The molecule has 2 heterocycles. The van der Waals surface area contributed by atoms with Crippen molar-refractivity contribution < 1.29 is 13.2 Å². The van der Waals surface area contributed by atoms with Gasteiger partial charge in [0.15, 0.2) is 0 Å². The lowest BCUT2D eigenvalue weighted by Crippen LogP contribution is -2.35. The number of nitrogens with one attached hydrogen (secondary N) is 1. The van der Waals surface area contributed by atoms with Crippen LogP contribution < -0.4 is 10.2 Å². The number of hydrogen-bond donors (Lipinski definition) is 1. The van der Waals surface area contributed by atoms with Crippen molar-refractivity contribution in [3.63, 3.8) is 0 Å². The first-order valence-corrected chi connectivity index (χ1v) is 6.79. The van der Waals surface area contributed by atoms with Crippen molar-refractivity contribution in [2.75, 3.05) is 17.3 Å². The van der Waals surface area contributed by atoms with E-state index in [1.54, 1.807) is 13.1 Å². The van der Waals surface area contributed by atoms with Gasteiger partial charge in [0.1, 0.15) is 11.6 Å². The highest BCUT2D eigenvalue weighted by Crippen LogP contribution is 2.34. The van der Waals surface area contributed by atoms with Crippen molar-refractivity contribution in [3.8, 4) is 0 Å². The normalized spacial score (nSPS) is 23.2. The lowest BCUT2D eigenvalue weighted by molar-refractivity contribution is -0.144. The van der Waals surface area contributed by atoms with E-state index in [1.807, 2.05) is 18.7 Å². The van der Waals surface area contributed by atoms with Gasteiger partial charge in [-0.25, -0.2) is 9.97 Å². The van der Waals surface area contributed by atoms with E-state index in [-0.39, 0.29) is 17.9 Å². The van der Waals surface area contributed by atoms with Crippen molar-refractivity contribution in [1.29, 1.82) is 0 Å². The Labute approximate surface area is 116 Å². The first-order valence-electron chi connectivity index (χ1n) is 6.79. The average Bonchev–Trinajstić information content (AvgIpc) is 2.78. The highest BCUT2D eigenvalue weighted by atomic mass is 19.4. The number of aromatic nitrogens is 2. The fraction of sp³-hybridized carbons (Fsp3) is 0.692. The summed E-state index contributed by atoms with van der Waals surface area (Å²) in [6.45, 7) is 4.06. The SMILES string of the molecule is CCC1CCC(C)N1c1cc(NC)nc(C(F)(F)F)n1. The van der Waals surface area contributed by atoms with Crippen LogP contribution in [0.2, 0.25) is 0 Å². The van der Waals surface area contributed by atoms with Gasteiger partial charge in [-0.1, -0.05) is 6.92 Å². The Morgan fingerprint density at radius 1 is 1.35 bits per heavy atom. The maximum absolute atomic E-state index is 12.9. The summed E-state index contributed by atoms with van der Waals surface area (Å²) in [4.78, 5) is 9.21. The van der Waals surface area contributed by atoms with Crippen LogP contribution in [-0.4, -0.2) is 29.1 Å². The van der Waals surface area contributed by atoms with E-state index in [1.165, 1.54) is 0 Å². The van der Waals surface area contributed by atoms with Gasteiger partial charge < -0.3 is 10.2 Å². The maximum Gasteiger partial charge on any atom is 0.451 e. The Morgan fingerprint density at radius 3 is 2.60 bits per heavy atom. The molecule has 7 heteroatoms. The summed E-state index contributed by atoms with van der Waals surface area (Å²) in [5.41, 5.74) is 0. The topological polar surface area (TPSA) is 41.0 Å². The molecule has 0 radical (unpaired) electrons. The first kappa shape index (κ1) is 14.9. The molecule has 0 spiro atoms. The molecule has 1 aromatic rings. The minimum atomic E-state index is -4.54. The van der Waals surface area contributed by atoms with E-state index in [0.29, 0.717) is 5.82 Å². The number of rotatable bonds is 3. The van der Waals surface area contributed by atoms with Gasteiger partial charge in [-0.15, -0.1) is 0 Å². The van der Waals surface area contributed by atoms with Crippen LogP contribution in [0.1, 0.15) is 38.9 Å². The largest absolute Gasteiger partial charge is 0.451 e. The zero-order chi connectivity index (χ0) is 14.9. The number of halogens is 3. The Balaban J connectivity index is 2.45. The molecule has 1 aromatic heterocycles. The summed E-state index contributed by atoms with van der Waals surface area (Å²) in [6, 6.07) is 2.02. The highest BCUT2D eigenvalue weighted by molar-refractivity contribution is 5.51. The molecular formula is C13H19F3N4.